The van der Waals surface area contributed by atoms with Gasteiger partial charge >= 0.3 is 5.97 Å². The average molecular weight is 168 g/mol. The lowest BCUT2D eigenvalue weighted by Gasteiger charge is -1.97. The number of carbonyl (C=O) groups excluding carboxylic acids is 1. The van der Waals surface area contributed by atoms with Gasteiger partial charge in [-0.2, -0.15) is 0 Å². The van der Waals surface area contributed by atoms with Gasteiger partial charge < -0.3 is 9.72 Å². The van der Waals surface area contributed by atoms with Crippen LogP contribution < -0.4 is 0 Å². The molecule has 0 amide bonds. The van der Waals surface area contributed by atoms with Crippen LogP contribution in [0.15, 0.2) is 6.20 Å². The summed E-state index contributed by atoms with van der Waals surface area (Å²) in [6.45, 7) is 4.18. The molecule has 1 N–H and O–H groups in total. The average Bonchev–Trinajstić information content (AvgIpc) is 2.47. The number of aryl methyl sites for hydroxylation is 1. The highest BCUT2D eigenvalue weighted by atomic mass is 16.5. The standard InChI is InChI=1S/C8H12N2O2/c1-3-4-12-8(11)7-5-9-6(2)10-7/h5H,3-4H2,1-2H3,(H,9,10). The molecule has 4 heteroatoms. The molecule has 0 aromatic carbocycles. The van der Waals surface area contributed by atoms with E-state index in [0.717, 1.165) is 12.2 Å². The predicted octanol–water partition coefficient (Wildman–Crippen LogP) is 1.28. The molecule has 0 bridgehead atoms. The topological polar surface area (TPSA) is 55.0 Å². The van der Waals surface area contributed by atoms with E-state index in [1.54, 1.807) is 13.1 Å². The van der Waals surface area contributed by atoms with Crippen LogP contribution in [-0.2, 0) is 4.74 Å². The predicted molar refractivity (Wildman–Crippen MR) is 43.9 cm³/mol. The van der Waals surface area contributed by atoms with Crippen LogP contribution in [0.5, 0.6) is 0 Å². The molecule has 0 fully saturated rings. The summed E-state index contributed by atoms with van der Waals surface area (Å²) in [6, 6.07) is 0. The van der Waals surface area contributed by atoms with E-state index in [2.05, 4.69) is 9.97 Å². The van der Waals surface area contributed by atoms with Crippen molar-refractivity contribution < 1.29 is 9.53 Å². The van der Waals surface area contributed by atoms with Gasteiger partial charge in [-0.3, -0.25) is 0 Å². The molecular formula is C8H12N2O2. The Balaban J connectivity index is 2.53. The molecule has 4 nitrogen and oxygen atoms in total. The van der Waals surface area contributed by atoms with Crippen LogP contribution in [0, 0.1) is 6.92 Å². The molecule has 0 aliphatic carbocycles. The number of hydrogen-bond acceptors (Lipinski definition) is 3. The third-order valence-corrected chi connectivity index (χ3v) is 1.35. The Morgan fingerprint density at radius 1 is 1.75 bits per heavy atom. The molecule has 1 aromatic heterocycles. The van der Waals surface area contributed by atoms with Gasteiger partial charge in [0.05, 0.1) is 6.61 Å². The van der Waals surface area contributed by atoms with E-state index in [1.807, 2.05) is 6.92 Å². The maximum atomic E-state index is 11.1. The van der Waals surface area contributed by atoms with Gasteiger partial charge in [-0.25, -0.2) is 9.78 Å². The van der Waals surface area contributed by atoms with E-state index >= 15 is 0 Å². The zero-order valence-corrected chi connectivity index (χ0v) is 7.26. The number of ether oxygens (including phenoxy) is 1. The van der Waals surface area contributed by atoms with E-state index in [9.17, 15) is 4.79 Å². The second-order valence-electron chi connectivity index (χ2n) is 2.51. The largest absolute Gasteiger partial charge is 0.461 e. The number of rotatable bonds is 3. The Hall–Kier alpha value is -1.32. The van der Waals surface area contributed by atoms with E-state index in [0.29, 0.717) is 12.3 Å². The summed E-state index contributed by atoms with van der Waals surface area (Å²) in [7, 11) is 0. The molecular weight excluding hydrogens is 156 g/mol. The van der Waals surface area contributed by atoms with Gasteiger partial charge in [0.1, 0.15) is 5.82 Å². The second-order valence-corrected chi connectivity index (χ2v) is 2.51. The highest BCUT2D eigenvalue weighted by molar-refractivity contribution is 5.86. The number of nitrogens with one attached hydrogen (secondary N) is 1. The van der Waals surface area contributed by atoms with Gasteiger partial charge in [0.2, 0.25) is 0 Å². The van der Waals surface area contributed by atoms with E-state index in [4.69, 9.17) is 4.74 Å². The summed E-state index contributed by atoms with van der Waals surface area (Å²) in [5.74, 6) is 0.361. The number of aromatic amines is 1. The van der Waals surface area contributed by atoms with Crippen molar-refractivity contribution in [2.45, 2.75) is 20.3 Å². The van der Waals surface area contributed by atoms with Crippen LogP contribution in [0.3, 0.4) is 0 Å². The van der Waals surface area contributed by atoms with Gasteiger partial charge in [-0.15, -0.1) is 0 Å². The normalized spacial score (nSPS) is 9.83. The van der Waals surface area contributed by atoms with Crippen LogP contribution in [0.1, 0.15) is 29.7 Å². The minimum Gasteiger partial charge on any atom is -0.461 e. The molecule has 0 saturated heterocycles. The molecule has 1 rings (SSSR count). The minimum atomic E-state index is -0.360. The lowest BCUT2D eigenvalue weighted by molar-refractivity contribution is 0.0499. The molecule has 0 unspecified atom stereocenters. The molecule has 66 valence electrons. The molecule has 0 aliphatic heterocycles. The highest BCUT2D eigenvalue weighted by Crippen LogP contribution is 1.98. The third kappa shape index (κ3) is 2.08. The van der Waals surface area contributed by atoms with Crippen LogP contribution in [0.4, 0.5) is 0 Å². The zero-order valence-electron chi connectivity index (χ0n) is 7.26. The lowest BCUT2D eigenvalue weighted by atomic mass is 10.5. The van der Waals surface area contributed by atoms with Crippen LogP contribution >= 0.6 is 0 Å². The van der Waals surface area contributed by atoms with Crippen molar-refractivity contribution in [3.05, 3.63) is 17.7 Å². The summed E-state index contributed by atoms with van der Waals surface area (Å²) in [6.07, 6.45) is 2.38. The first-order valence-electron chi connectivity index (χ1n) is 3.93. The van der Waals surface area contributed by atoms with Crippen molar-refractivity contribution in [1.29, 1.82) is 0 Å². The number of imidazole rings is 1. The maximum absolute atomic E-state index is 11.1. The number of aromatic nitrogens is 2. The molecule has 0 aliphatic rings. The molecule has 0 spiro atoms. The van der Waals surface area contributed by atoms with E-state index in [1.165, 1.54) is 0 Å². The monoisotopic (exact) mass is 168 g/mol. The van der Waals surface area contributed by atoms with Gasteiger partial charge in [-0.1, -0.05) is 6.92 Å². The smallest absolute Gasteiger partial charge is 0.358 e. The maximum Gasteiger partial charge on any atom is 0.358 e. The highest BCUT2D eigenvalue weighted by Gasteiger charge is 2.08. The number of H-pyrrole nitrogens is 1. The number of hydrogen-bond donors (Lipinski definition) is 1. The van der Waals surface area contributed by atoms with Crippen molar-refractivity contribution in [1.82, 2.24) is 9.97 Å². The fourth-order valence-electron chi connectivity index (χ4n) is 0.791. The van der Waals surface area contributed by atoms with Gasteiger partial charge in [0, 0.05) is 6.20 Å². The Kier molecular flexibility index (Phi) is 2.85. The number of carbonyl (C=O) groups is 1. The molecule has 0 saturated carbocycles. The van der Waals surface area contributed by atoms with Crippen LogP contribution in [-0.4, -0.2) is 22.5 Å². The Bertz CT molecular complexity index is 268. The third-order valence-electron chi connectivity index (χ3n) is 1.35. The molecule has 0 radical (unpaired) electrons. The first-order valence-corrected chi connectivity index (χ1v) is 3.93. The fraction of sp³-hybridized carbons (Fsp3) is 0.500. The summed E-state index contributed by atoms with van der Waals surface area (Å²) < 4.78 is 4.87. The molecule has 1 heterocycles. The zero-order chi connectivity index (χ0) is 8.97. The molecule has 0 atom stereocenters. The van der Waals surface area contributed by atoms with Gasteiger partial charge in [0.15, 0.2) is 5.69 Å². The Labute approximate surface area is 71.0 Å². The summed E-state index contributed by atoms with van der Waals surface area (Å²) in [5.41, 5.74) is 0.348. The van der Waals surface area contributed by atoms with E-state index < -0.39 is 0 Å². The Morgan fingerprint density at radius 3 is 3.00 bits per heavy atom. The minimum absolute atomic E-state index is 0.348. The van der Waals surface area contributed by atoms with Crippen molar-refractivity contribution >= 4 is 5.97 Å². The quantitative estimate of drug-likeness (QED) is 0.692. The van der Waals surface area contributed by atoms with Gasteiger partial charge in [-0.05, 0) is 13.3 Å². The van der Waals surface area contributed by atoms with Gasteiger partial charge in [0.25, 0.3) is 0 Å². The van der Waals surface area contributed by atoms with Crippen molar-refractivity contribution in [2.75, 3.05) is 6.61 Å². The first kappa shape index (κ1) is 8.77. The van der Waals surface area contributed by atoms with Crippen molar-refractivity contribution in [3.63, 3.8) is 0 Å². The number of esters is 1. The first-order chi connectivity index (χ1) is 5.74. The van der Waals surface area contributed by atoms with Crippen molar-refractivity contribution in [3.8, 4) is 0 Å². The van der Waals surface area contributed by atoms with Crippen molar-refractivity contribution in [2.24, 2.45) is 0 Å². The fourth-order valence-corrected chi connectivity index (χ4v) is 0.791. The van der Waals surface area contributed by atoms with Crippen LogP contribution in [0.25, 0.3) is 0 Å². The molecule has 1 aromatic rings. The summed E-state index contributed by atoms with van der Waals surface area (Å²) in [5, 5.41) is 0. The summed E-state index contributed by atoms with van der Waals surface area (Å²) in [4.78, 5) is 17.9. The summed E-state index contributed by atoms with van der Waals surface area (Å²) >= 11 is 0. The lowest BCUT2D eigenvalue weighted by Crippen LogP contribution is -2.06. The Morgan fingerprint density at radius 2 is 2.50 bits per heavy atom. The SMILES string of the molecule is CCCOC(=O)c1c[nH]c(C)n1. The van der Waals surface area contributed by atoms with E-state index in [-0.39, 0.29) is 5.97 Å². The number of nitrogens with zero attached hydrogens (tertiary/aromatic N) is 1. The second kappa shape index (κ2) is 3.90. The molecule has 12 heavy (non-hydrogen) atoms. The van der Waals surface area contributed by atoms with Crippen LogP contribution in [0.2, 0.25) is 0 Å².